The molecule has 1 aliphatic carbocycles. The van der Waals surface area contributed by atoms with E-state index in [9.17, 15) is 49.1 Å². The zero-order valence-corrected chi connectivity index (χ0v) is 30.8. The smallest absolute Gasteiger partial charge is 0.385 e. The molecule has 1 aromatic carbocycles. The number of hydrogen-bond donors (Lipinski definition) is 1. The third kappa shape index (κ3) is 10.7. The van der Waals surface area contributed by atoms with E-state index in [2.05, 4.69) is 27.3 Å². The molecule has 18 heteroatoms. The number of halogens is 9. The molecule has 298 valence electrons. The number of nitrogens with zero attached hydrogens (tertiary/aromatic N) is 6. The number of tetrazole rings is 1. The summed E-state index contributed by atoms with van der Waals surface area (Å²) >= 11 is 0. The van der Waals surface area contributed by atoms with Crippen molar-refractivity contribution in [3.63, 3.8) is 0 Å². The van der Waals surface area contributed by atoms with Crippen LogP contribution in [0.1, 0.15) is 81.7 Å². The van der Waals surface area contributed by atoms with Crippen LogP contribution in [0.15, 0.2) is 53.7 Å². The van der Waals surface area contributed by atoms with Crippen LogP contribution in [0.2, 0.25) is 0 Å². The number of anilines is 2. The van der Waals surface area contributed by atoms with Gasteiger partial charge in [0.2, 0.25) is 0 Å². The van der Waals surface area contributed by atoms with Crippen LogP contribution in [0.5, 0.6) is 0 Å². The number of carbonyl (C=O) groups excluding carboxylic acids is 2. The molecule has 0 fully saturated rings. The fraction of sp³-hybridized carbons (Fsp3) is 0.528. The van der Waals surface area contributed by atoms with Crippen molar-refractivity contribution in [2.45, 2.75) is 98.3 Å². The van der Waals surface area contributed by atoms with E-state index in [-0.39, 0.29) is 48.5 Å². The second-order valence-electron chi connectivity index (χ2n) is 12.8. The molecular formula is C36H44F9N7O2. The molecule has 5 rings (SSSR count). The Hall–Kier alpha value is -4.64. The van der Waals surface area contributed by atoms with E-state index in [4.69, 9.17) is 0 Å². The van der Waals surface area contributed by atoms with E-state index in [1.54, 1.807) is 11.0 Å². The summed E-state index contributed by atoms with van der Waals surface area (Å²) in [4.78, 5) is 29.7. The molecule has 0 saturated carbocycles. The van der Waals surface area contributed by atoms with E-state index >= 15 is 0 Å². The topological polar surface area (TPSA) is 96.2 Å². The molecule has 1 N–H and O–H groups in total. The SMILES string of the molecule is C=C(C)C(F)(F)F.CC.Cc1cc2c(c(C)c1C(F)(F)F)NCCCC2N(C/C=C/CC(F)(F)F)c1nnn(CCN2C(=O)C3=C(CC(C)C=C3)C2=O)n1. The van der Waals surface area contributed by atoms with Crippen molar-refractivity contribution < 1.29 is 49.1 Å². The summed E-state index contributed by atoms with van der Waals surface area (Å²) in [5.74, 6) is -0.586. The highest BCUT2D eigenvalue weighted by molar-refractivity contribution is 6.20. The molecule has 2 aromatic rings. The number of imide groups is 1. The lowest BCUT2D eigenvalue weighted by atomic mass is 9.91. The first-order valence-corrected chi connectivity index (χ1v) is 17.3. The molecule has 1 aromatic heterocycles. The van der Waals surface area contributed by atoms with Crippen LogP contribution in [-0.2, 0) is 22.3 Å². The van der Waals surface area contributed by atoms with Crippen LogP contribution in [0.25, 0.3) is 0 Å². The maximum absolute atomic E-state index is 13.9. The van der Waals surface area contributed by atoms with Crippen molar-refractivity contribution in [3.05, 3.63) is 75.9 Å². The van der Waals surface area contributed by atoms with E-state index in [0.29, 0.717) is 48.2 Å². The number of alkyl halides is 9. The number of hydrogen-bond acceptors (Lipinski definition) is 7. The van der Waals surface area contributed by atoms with E-state index in [1.807, 2.05) is 26.8 Å². The van der Waals surface area contributed by atoms with Gasteiger partial charge in [-0.05, 0) is 67.9 Å². The van der Waals surface area contributed by atoms with Crippen LogP contribution in [-0.4, -0.2) is 68.9 Å². The van der Waals surface area contributed by atoms with Gasteiger partial charge in [0.25, 0.3) is 17.8 Å². The molecule has 3 aliphatic rings. The van der Waals surface area contributed by atoms with Gasteiger partial charge in [-0.1, -0.05) is 62.8 Å². The monoisotopic (exact) mass is 777 g/mol. The van der Waals surface area contributed by atoms with Crippen molar-refractivity contribution in [1.82, 2.24) is 25.1 Å². The van der Waals surface area contributed by atoms with Crippen molar-refractivity contribution >= 4 is 23.5 Å². The Morgan fingerprint density at radius 1 is 1.04 bits per heavy atom. The van der Waals surface area contributed by atoms with Crippen molar-refractivity contribution in [1.29, 1.82) is 0 Å². The highest BCUT2D eigenvalue weighted by Crippen LogP contribution is 2.44. The highest BCUT2D eigenvalue weighted by atomic mass is 19.4. The van der Waals surface area contributed by atoms with E-state index in [1.165, 1.54) is 30.8 Å². The average molecular weight is 778 g/mol. The maximum atomic E-state index is 13.9. The van der Waals surface area contributed by atoms with Gasteiger partial charge in [-0.3, -0.25) is 14.5 Å². The number of nitrogens with one attached hydrogen (secondary N) is 1. The lowest BCUT2D eigenvalue weighted by molar-refractivity contribution is -0.139. The quantitative estimate of drug-likeness (QED) is 0.163. The largest absolute Gasteiger partial charge is 0.416 e. The summed E-state index contributed by atoms with van der Waals surface area (Å²) in [7, 11) is 0. The molecule has 0 saturated heterocycles. The molecule has 2 aliphatic heterocycles. The summed E-state index contributed by atoms with van der Waals surface area (Å²) in [5, 5.41) is 15.7. The third-order valence-corrected chi connectivity index (χ3v) is 8.73. The summed E-state index contributed by atoms with van der Waals surface area (Å²) < 4.78 is 114. The molecule has 3 heterocycles. The van der Waals surface area contributed by atoms with Crippen LogP contribution in [0, 0.1) is 19.8 Å². The van der Waals surface area contributed by atoms with Crippen molar-refractivity contribution in [2.75, 3.05) is 29.9 Å². The minimum Gasteiger partial charge on any atom is -0.385 e. The third-order valence-electron chi connectivity index (χ3n) is 8.73. The van der Waals surface area contributed by atoms with Crippen LogP contribution < -0.4 is 10.2 Å². The second-order valence-corrected chi connectivity index (χ2v) is 12.8. The maximum Gasteiger partial charge on any atom is 0.416 e. The highest BCUT2D eigenvalue weighted by Gasteiger charge is 2.40. The van der Waals surface area contributed by atoms with E-state index < -0.39 is 48.0 Å². The summed E-state index contributed by atoms with van der Waals surface area (Å²) in [5.41, 5.74) is 0.281. The average Bonchev–Trinajstić information content (AvgIpc) is 3.54. The van der Waals surface area contributed by atoms with Gasteiger partial charge in [-0.25, -0.2) is 0 Å². The standard InChI is InChI=1S/C30H33F6N7O2.C4H5F3.C2H6/c1-17-8-9-20-21(15-17)27(45)42(26(20)44)13-14-43-39-28(38-40-43)41(12-5-4-10-29(31,32)33)23-7-6-11-37-25-19(3)24(30(34,35)36)18(2)16-22(23)25;1-3(2)4(5,6)7;1-2/h4-5,8-9,16-17,23,37H,6-7,10-15H2,1-3H3;1H2,2H3;1-2H3/b5-4+;;. The Balaban J connectivity index is 0.000000783. The molecule has 54 heavy (non-hydrogen) atoms. The number of aryl methyl sites for hydroxylation is 1. The molecular weight excluding hydrogens is 733 g/mol. The molecule has 9 nitrogen and oxygen atoms in total. The van der Waals surface area contributed by atoms with Gasteiger partial charge >= 0.3 is 18.5 Å². The molecule has 0 bridgehead atoms. The van der Waals surface area contributed by atoms with Gasteiger partial charge < -0.3 is 10.2 Å². The number of rotatable bonds is 8. The Morgan fingerprint density at radius 2 is 1.69 bits per heavy atom. The van der Waals surface area contributed by atoms with E-state index in [0.717, 1.165) is 17.9 Å². The lowest BCUT2D eigenvalue weighted by Crippen LogP contribution is -2.35. The van der Waals surface area contributed by atoms with Crippen molar-refractivity contribution in [3.8, 4) is 0 Å². The first-order valence-electron chi connectivity index (χ1n) is 17.3. The molecule has 0 radical (unpaired) electrons. The van der Waals surface area contributed by atoms with Gasteiger partial charge in [0.15, 0.2) is 0 Å². The van der Waals surface area contributed by atoms with Crippen LogP contribution >= 0.6 is 0 Å². The number of amides is 2. The number of carbonyl (C=O) groups is 2. The first-order chi connectivity index (χ1) is 25.1. The Bertz CT molecular complexity index is 1770. The minimum absolute atomic E-state index is 0.0119. The van der Waals surface area contributed by atoms with Gasteiger partial charge in [-0.2, -0.15) is 44.3 Å². The van der Waals surface area contributed by atoms with Gasteiger partial charge in [-0.15, -0.1) is 5.10 Å². The minimum atomic E-state index is -4.57. The Kier molecular flexibility index (Phi) is 14.3. The fourth-order valence-electron chi connectivity index (χ4n) is 6.19. The van der Waals surface area contributed by atoms with Crippen molar-refractivity contribution in [2.24, 2.45) is 5.92 Å². The zero-order chi connectivity index (χ0) is 40.8. The molecule has 2 unspecified atom stereocenters. The summed E-state index contributed by atoms with van der Waals surface area (Å²) in [6.45, 7) is 12.7. The Labute approximate surface area is 307 Å². The summed E-state index contributed by atoms with van der Waals surface area (Å²) in [6, 6.07) is 0.869. The number of allylic oxidation sites excluding steroid dienone is 3. The lowest BCUT2D eigenvalue weighted by Gasteiger charge is -2.31. The second kappa shape index (κ2) is 17.7. The first kappa shape index (κ1) is 43.8. The van der Waals surface area contributed by atoms with Crippen LogP contribution in [0.4, 0.5) is 51.1 Å². The number of fused-ring (bicyclic) bond motifs is 1. The zero-order valence-electron chi connectivity index (χ0n) is 30.8. The Morgan fingerprint density at radius 3 is 2.28 bits per heavy atom. The predicted molar refractivity (Wildman–Crippen MR) is 185 cm³/mol. The normalized spacial score (nSPS) is 18.7. The number of aromatic nitrogens is 4. The molecule has 2 amide bonds. The summed E-state index contributed by atoms with van der Waals surface area (Å²) in [6.07, 6.45) is -7.00. The molecule has 2 atom stereocenters. The fourth-order valence-corrected chi connectivity index (χ4v) is 6.19. The number of benzene rings is 1. The van der Waals surface area contributed by atoms with Gasteiger partial charge in [0.05, 0.1) is 31.1 Å². The van der Waals surface area contributed by atoms with Gasteiger partial charge in [0, 0.05) is 35.5 Å². The van der Waals surface area contributed by atoms with Gasteiger partial charge in [0.1, 0.15) is 0 Å². The van der Waals surface area contributed by atoms with Crippen LogP contribution in [0.3, 0.4) is 0 Å². The molecule has 0 spiro atoms. The predicted octanol–water partition coefficient (Wildman–Crippen LogP) is 8.98.